The minimum atomic E-state index is 0.0341. The van der Waals surface area contributed by atoms with Crippen LogP contribution in [0.15, 0.2) is 22.7 Å². The van der Waals surface area contributed by atoms with Crippen molar-refractivity contribution in [2.24, 2.45) is 0 Å². The molecule has 16 heavy (non-hydrogen) atoms. The van der Waals surface area contributed by atoms with Gasteiger partial charge < -0.3 is 9.63 Å². The molecule has 4 nitrogen and oxygen atoms in total. The zero-order chi connectivity index (χ0) is 11.5. The average Bonchev–Trinajstić information content (AvgIpc) is 2.67. The molecular formula is C10H9ClN2O2S. The van der Waals surface area contributed by atoms with Gasteiger partial charge in [-0.25, -0.2) is 0 Å². The molecule has 2 rings (SSSR count). The third kappa shape index (κ3) is 2.31. The van der Waals surface area contributed by atoms with Crippen LogP contribution in [0, 0.1) is 0 Å². The summed E-state index contributed by atoms with van der Waals surface area (Å²) in [5.41, 5.74) is 0.490. The Morgan fingerprint density at radius 1 is 1.50 bits per heavy atom. The number of phenols is 1. The first-order valence-electron chi connectivity index (χ1n) is 4.51. The first-order valence-corrected chi connectivity index (χ1v) is 6.28. The maximum atomic E-state index is 9.67. The van der Waals surface area contributed by atoms with Crippen molar-refractivity contribution in [3.05, 3.63) is 29.0 Å². The zero-order valence-electron chi connectivity index (χ0n) is 8.48. The van der Waals surface area contributed by atoms with Crippen molar-refractivity contribution in [1.82, 2.24) is 10.1 Å². The number of thioether (sulfide) groups is 1. The highest BCUT2D eigenvalue weighted by Gasteiger charge is 2.12. The minimum absolute atomic E-state index is 0.0341. The van der Waals surface area contributed by atoms with Gasteiger partial charge in [-0.3, -0.25) is 0 Å². The predicted molar refractivity (Wildman–Crippen MR) is 63.6 cm³/mol. The monoisotopic (exact) mass is 256 g/mol. The number of aromatic hydroxyl groups is 1. The standard InChI is InChI=1S/C10H9ClN2O2S/c1-16-5-9-12-10(15-13-9)7-3-2-6(11)4-8(7)14/h2-4,14H,5H2,1H3. The van der Waals surface area contributed by atoms with Gasteiger partial charge in [0.2, 0.25) is 0 Å². The summed E-state index contributed by atoms with van der Waals surface area (Å²) < 4.78 is 5.05. The summed E-state index contributed by atoms with van der Waals surface area (Å²) in [5, 5.41) is 13.9. The molecule has 1 aromatic heterocycles. The minimum Gasteiger partial charge on any atom is -0.507 e. The number of benzene rings is 1. The van der Waals surface area contributed by atoms with Crippen molar-refractivity contribution in [3.63, 3.8) is 0 Å². The van der Waals surface area contributed by atoms with Crippen LogP contribution < -0.4 is 0 Å². The molecule has 0 spiro atoms. The van der Waals surface area contributed by atoms with Crippen LogP contribution in [0.5, 0.6) is 5.75 Å². The molecule has 0 radical (unpaired) electrons. The number of rotatable bonds is 3. The van der Waals surface area contributed by atoms with E-state index >= 15 is 0 Å². The van der Waals surface area contributed by atoms with E-state index in [2.05, 4.69) is 10.1 Å². The highest BCUT2D eigenvalue weighted by molar-refractivity contribution is 7.97. The Balaban J connectivity index is 2.35. The van der Waals surface area contributed by atoms with Crippen molar-refractivity contribution in [3.8, 4) is 17.2 Å². The van der Waals surface area contributed by atoms with Gasteiger partial charge in [-0.1, -0.05) is 16.8 Å². The van der Waals surface area contributed by atoms with Crippen LogP contribution in [-0.4, -0.2) is 21.5 Å². The number of aromatic nitrogens is 2. The van der Waals surface area contributed by atoms with Crippen LogP contribution in [0.3, 0.4) is 0 Å². The fourth-order valence-electron chi connectivity index (χ4n) is 1.24. The molecule has 0 fully saturated rings. The van der Waals surface area contributed by atoms with E-state index in [1.165, 1.54) is 6.07 Å². The van der Waals surface area contributed by atoms with Gasteiger partial charge in [-0.05, 0) is 24.5 Å². The third-order valence-electron chi connectivity index (χ3n) is 1.93. The summed E-state index contributed by atoms with van der Waals surface area (Å²) in [4.78, 5) is 4.16. The van der Waals surface area contributed by atoms with Gasteiger partial charge in [0.1, 0.15) is 5.75 Å². The highest BCUT2D eigenvalue weighted by Crippen LogP contribution is 2.30. The fourth-order valence-corrected chi connectivity index (χ4v) is 1.78. The van der Waals surface area contributed by atoms with Crippen LogP contribution in [0.1, 0.15) is 5.82 Å². The lowest BCUT2D eigenvalue weighted by atomic mass is 10.2. The molecule has 0 saturated carbocycles. The summed E-state index contributed by atoms with van der Waals surface area (Å²) >= 11 is 7.33. The van der Waals surface area contributed by atoms with Crippen LogP contribution >= 0.6 is 23.4 Å². The second kappa shape index (κ2) is 4.76. The SMILES string of the molecule is CSCc1noc(-c2ccc(Cl)cc2O)n1. The Kier molecular flexibility index (Phi) is 3.36. The van der Waals surface area contributed by atoms with Gasteiger partial charge in [0.15, 0.2) is 5.82 Å². The number of halogens is 1. The van der Waals surface area contributed by atoms with Crippen molar-refractivity contribution in [2.75, 3.05) is 6.26 Å². The lowest BCUT2D eigenvalue weighted by Gasteiger charge is -1.98. The van der Waals surface area contributed by atoms with Gasteiger partial charge in [0.05, 0.1) is 11.3 Å². The predicted octanol–water partition coefficient (Wildman–Crippen LogP) is 2.96. The van der Waals surface area contributed by atoms with Crippen LogP contribution in [0.2, 0.25) is 5.02 Å². The summed E-state index contributed by atoms with van der Waals surface area (Å²) in [6, 6.07) is 4.75. The van der Waals surface area contributed by atoms with E-state index in [-0.39, 0.29) is 5.75 Å². The topological polar surface area (TPSA) is 59.2 Å². The molecular weight excluding hydrogens is 248 g/mol. The molecule has 0 unspecified atom stereocenters. The molecule has 1 N–H and O–H groups in total. The van der Waals surface area contributed by atoms with Gasteiger partial charge >= 0.3 is 0 Å². The molecule has 0 saturated heterocycles. The van der Waals surface area contributed by atoms with Gasteiger partial charge in [-0.15, -0.1) is 0 Å². The molecule has 0 atom stereocenters. The first-order chi connectivity index (χ1) is 7.70. The Morgan fingerprint density at radius 3 is 3.00 bits per heavy atom. The number of hydrogen-bond donors (Lipinski definition) is 1. The lowest BCUT2D eigenvalue weighted by Crippen LogP contribution is -1.83. The third-order valence-corrected chi connectivity index (χ3v) is 2.71. The Hall–Kier alpha value is -1.20. The molecule has 0 aliphatic carbocycles. The highest BCUT2D eigenvalue weighted by atomic mass is 35.5. The van der Waals surface area contributed by atoms with Crippen molar-refractivity contribution < 1.29 is 9.63 Å². The molecule has 1 aromatic carbocycles. The van der Waals surface area contributed by atoms with E-state index in [1.807, 2.05) is 6.26 Å². The van der Waals surface area contributed by atoms with Crippen LogP contribution in [-0.2, 0) is 5.75 Å². The van der Waals surface area contributed by atoms with Crippen molar-refractivity contribution in [1.29, 1.82) is 0 Å². The summed E-state index contributed by atoms with van der Waals surface area (Å²) in [5.74, 6) is 1.62. The largest absolute Gasteiger partial charge is 0.507 e. The summed E-state index contributed by atoms with van der Waals surface area (Å²) in [6.45, 7) is 0. The normalized spacial score (nSPS) is 10.6. The van der Waals surface area contributed by atoms with Crippen molar-refractivity contribution >= 4 is 23.4 Å². The quantitative estimate of drug-likeness (QED) is 0.915. The fraction of sp³-hybridized carbons (Fsp3) is 0.200. The molecule has 0 aliphatic rings. The summed E-state index contributed by atoms with van der Waals surface area (Å²) in [7, 11) is 0. The molecule has 84 valence electrons. The van der Waals surface area contributed by atoms with Crippen LogP contribution in [0.25, 0.3) is 11.5 Å². The molecule has 6 heteroatoms. The average molecular weight is 257 g/mol. The first kappa shape index (κ1) is 11.3. The Labute approximate surface area is 102 Å². The van der Waals surface area contributed by atoms with E-state index in [0.29, 0.717) is 28.1 Å². The summed E-state index contributed by atoms with van der Waals surface area (Å²) in [6.07, 6.45) is 1.95. The molecule has 2 aromatic rings. The number of phenolic OH excluding ortho intramolecular Hbond substituents is 1. The zero-order valence-corrected chi connectivity index (χ0v) is 10.0. The maximum absolute atomic E-state index is 9.67. The van der Waals surface area contributed by atoms with Gasteiger partial charge in [0, 0.05) is 5.02 Å². The Morgan fingerprint density at radius 2 is 2.31 bits per heavy atom. The van der Waals surface area contributed by atoms with Crippen LogP contribution in [0.4, 0.5) is 0 Å². The maximum Gasteiger partial charge on any atom is 0.261 e. The van der Waals surface area contributed by atoms with Crippen molar-refractivity contribution in [2.45, 2.75) is 5.75 Å². The smallest absolute Gasteiger partial charge is 0.261 e. The van der Waals surface area contributed by atoms with E-state index < -0.39 is 0 Å². The second-order valence-corrected chi connectivity index (χ2v) is 4.41. The molecule has 0 bridgehead atoms. The molecule has 0 amide bonds. The number of hydrogen-bond acceptors (Lipinski definition) is 5. The van der Waals surface area contributed by atoms with E-state index in [1.54, 1.807) is 23.9 Å². The second-order valence-electron chi connectivity index (χ2n) is 3.11. The van der Waals surface area contributed by atoms with E-state index in [0.717, 1.165) is 0 Å². The van der Waals surface area contributed by atoms with E-state index in [9.17, 15) is 5.11 Å². The van der Waals surface area contributed by atoms with Gasteiger partial charge in [-0.2, -0.15) is 16.7 Å². The lowest BCUT2D eigenvalue weighted by molar-refractivity contribution is 0.419. The van der Waals surface area contributed by atoms with E-state index in [4.69, 9.17) is 16.1 Å². The number of nitrogens with zero attached hydrogens (tertiary/aromatic N) is 2. The molecule has 1 heterocycles. The molecule has 0 aliphatic heterocycles. The Bertz CT molecular complexity index is 501. The van der Waals surface area contributed by atoms with Gasteiger partial charge in [0.25, 0.3) is 5.89 Å².